The van der Waals surface area contributed by atoms with E-state index < -0.39 is 11.5 Å². The molecule has 19 heavy (non-hydrogen) atoms. The molecule has 0 saturated carbocycles. The quantitative estimate of drug-likeness (QED) is 0.884. The van der Waals surface area contributed by atoms with E-state index in [0.29, 0.717) is 0 Å². The van der Waals surface area contributed by atoms with Crippen molar-refractivity contribution in [2.24, 2.45) is 5.41 Å². The summed E-state index contributed by atoms with van der Waals surface area (Å²) < 4.78 is 0. The minimum Gasteiger partial charge on any atom is -0.465 e. The molecule has 1 aromatic rings. The Bertz CT molecular complexity index is 505. The number of likely N-dealkylation sites (tertiary alicyclic amines) is 1. The molecule has 0 radical (unpaired) electrons. The van der Waals surface area contributed by atoms with Crippen LogP contribution in [0.15, 0.2) is 30.3 Å². The molecule has 0 bridgehead atoms. The van der Waals surface area contributed by atoms with Crippen molar-refractivity contribution in [1.82, 2.24) is 4.90 Å². The van der Waals surface area contributed by atoms with E-state index in [2.05, 4.69) is 6.07 Å². The third kappa shape index (κ3) is 2.41. The highest BCUT2D eigenvalue weighted by Crippen LogP contribution is 2.42. The van der Waals surface area contributed by atoms with Crippen LogP contribution in [0.4, 0.5) is 4.79 Å². The number of carbonyl (C=O) groups is 1. The molecule has 0 unspecified atom stereocenters. The summed E-state index contributed by atoms with van der Waals surface area (Å²) in [6, 6.07) is 11.5. The van der Waals surface area contributed by atoms with E-state index in [9.17, 15) is 15.2 Å². The van der Waals surface area contributed by atoms with Crippen LogP contribution >= 0.6 is 0 Å². The van der Waals surface area contributed by atoms with Crippen LogP contribution in [0.25, 0.3) is 0 Å². The summed E-state index contributed by atoms with van der Waals surface area (Å²) in [6.45, 7) is 3.61. The van der Waals surface area contributed by atoms with Gasteiger partial charge in [-0.1, -0.05) is 30.3 Å². The first-order valence-corrected chi connectivity index (χ1v) is 6.45. The van der Waals surface area contributed by atoms with Crippen LogP contribution in [0.5, 0.6) is 0 Å². The predicted octanol–water partition coefficient (Wildman–Crippen LogP) is 3.42. The van der Waals surface area contributed by atoms with Crippen molar-refractivity contribution in [2.45, 2.75) is 38.8 Å². The summed E-state index contributed by atoms with van der Waals surface area (Å²) in [4.78, 5) is 13.0. The molecule has 1 saturated heterocycles. The van der Waals surface area contributed by atoms with E-state index in [1.807, 2.05) is 30.3 Å². The Balaban J connectivity index is 2.34. The Morgan fingerprint density at radius 1 is 1.37 bits per heavy atom. The van der Waals surface area contributed by atoms with Gasteiger partial charge in [0.15, 0.2) is 0 Å². The molecule has 1 heterocycles. The molecule has 4 heteroatoms. The zero-order valence-electron chi connectivity index (χ0n) is 11.2. The van der Waals surface area contributed by atoms with Gasteiger partial charge >= 0.3 is 6.09 Å². The Kier molecular flexibility index (Phi) is 3.48. The molecule has 1 aliphatic heterocycles. The van der Waals surface area contributed by atoms with Gasteiger partial charge in [0.2, 0.25) is 0 Å². The van der Waals surface area contributed by atoms with Crippen LogP contribution in [-0.2, 0) is 0 Å². The van der Waals surface area contributed by atoms with Gasteiger partial charge in [-0.3, -0.25) is 4.90 Å². The van der Waals surface area contributed by atoms with Crippen molar-refractivity contribution >= 4 is 6.09 Å². The lowest BCUT2D eigenvalue weighted by Crippen LogP contribution is -2.44. The summed E-state index contributed by atoms with van der Waals surface area (Å²) in [6.07, 6.45) is 0.554. The fourth-order valence-electron chi connectivity index (χ4n) is 2.86. The lowest BCUT2D eigenvalue weighted by molar-refractivity contribution is 0.0971. The molecule has 1 amide bonds. The first-order valence-electron chi connectivity index (χ1n) is 6.45. The Morgan fingerprint density at radius 3 is 2.53 bits per heavy atom. The molecule has 100 valence electrons. The van der Waals surface area contributed by atoms with Gasteiger partial charge in [0, 0.05) is 0 Å². The second kappa shape index (κ2) is 4.93. The van der Waals surface area contributed by atoms with Crippen molar-refractivity contribution in [2.75, 3.05) is 0 Å². The number of hydrogen-bond acceptors (Lipinski definition) is 2. The summed E-state index contributed by atoms with van der Waals surface area (Å²) in [7, 11) is 0. The second-order valence-corrected chi connectivity index (χ2v) is 5.54. The number of carboxylic acid groups (broad SMARTS) is 1. The third-order valence-electron chi connectivity index (χ3n) is 3.91. The molecule has 2 atom stereocenters. The molecule has 1 N–H and O–H groups in total. The van der Waals surface area contributed by atoms with Crippen LogP contribution in [0.2, 0.25) is 0 Å². The first kappa shape index (κ1) is 13.4. The molecular weight excluding hydrogens is 240 g/mol. The SMILES string of the molecule is CC(C)(C#N)[C@H]1CC[C@@H](c2ccccc2)N1C(=O)O. The topological polar surface area (TPSA) is 64.3 Å². The highest BCUT2D eigenvalue weighted by Gasteiger charge is 2.45. The Labute approximate surface area is 113 Å². The van der Waals surface area contributed by atoms with Gasteiger partial charge in [-0.15, -0.1) is 0 Å². The van der Waals surface area contributed by atoms with E-state index in [1.54, 1.807) is 13.8 Å². The molecule has 0 aromatic heterocycles. The minimum absolute atomic E-state index is 0.142. The van der Waals surface area contributed by atoms with Crippen molar-refractivity contribution in [1.29, 1.82) is 5.26 Å². The largest absolute Gasteiger partial charge is 0.465 e. The first-order chi connectivity index (χ1) is 8.97. The van der Waals surface area contributed by atoms with Crippen molar-refractivity contribution < 1.29 is 9.90 Å². The lowest BCUT2D eigenvalue weighted by Gasteiger charge is -2.34. The molecule has 1 aromatic carbocycles. The highest BCUT2D eigenvalue weighted by atomic mass is 16.4. The summed E-state index contributed by atoms with van der Waals surface area (Å²) >= 11 is 0. The maximum absolute atomic E-state index is 11.6. The van der Waals surface area contributed by atoms with Crippen LogP contribution in [0.1, 0.15) is 38.3 Å². The summed E-state index contributed by atoms with van der Waals surface area (Å²) in [5.41, 5.74) is 0.336. The Morgan fingerprint density at radius 2 is 2.00 bits per heavy atom. The summed E-state index contributed by atoms with van der Waals surface area (Å²) in [5.74, 6) is 0. The maximum Gasteiger partial charge on any atom is 0.408 e. The fourth-order valence-corrected chi connectivity index (χ4v) is 2.86. The number of hydrogen-bond donors (Lipinski definition) is 1. The third-order valence-corrected chi connectivity index (χ3v) is 3.91. The van der Waals surface area contributed by atoms with Gasteiger partial charge in [0.1, 0.15) is 0 Å². The number of nitriles is 1. The molecule has 1 fully saturated rings. The predicted molar refractivity (Wildman–Crippen MR) is 71.5 cm³/mol. The average Bonchev–Trinajstić information content (AvgIpc) is 2.85. The van der Waals surface area contributed by atoms with Gasteiger partial charge < -0.3 is 5.11 Å². The van der Waals surface area contributed by atoms with E-state index in [-0.39, 0.29) is 12.1 Å². The Hall–Kier alpha value is -2.02. The summed E-state index contributed by atoms with van der Waals surface area (Å²) in [5, 5.41) is 18.7. The number of benzene rings is 1. The monoisotopic (exact) mass is 258 g/mol. The van der Waals surface area contributed by atoms with Crippen molar-refractivity contribution in [3.05, 3.63) is 35.9 Å². The van der Waals surface area contributed by atoms with E-state index in [4.69, 9.17) is 0 Å². The minimum atomic E-state index is -0.945. The number of rotatable bonds is 2. The van der Waals surface area contributed by atoms with Crippen molar-refractivity contribution in [3.8, 4) is 6.07 Å². The maximum atomic E-state index is 11.6. The highest BCUT2D eigenvalue weighted by molar-refractivity contribution is 5.67. The van der Waals surface area contributed by atoms with Crippen LogP contribution in [0, 0.1) is 16.7 Å². The van der Waals surface area contributed by atoms with E-state index in [0.717, 1.165) is 18.4 Å². The van der Waals surface area contributed by atoms with Gasteiger partial charge in [0.05, 0.1) is 23.6 Å². The number of nitrogens with zero attached hydrogens (tertiary/aromatic N) is 2. The molecule has 2 rings (SSSR count). The molecule has 0 aliphatic carbocycles. The molecule has 0 spiro atoms. The second-order valence-electron chi connectivity index (χ2n) is 5.54. The zero-order valence-corrected chi connectivity index (χ0v) is 11.2. The molecule has 4 nitrogen and oxygen atoms in total. The van der Waals surface area contributed by atoms with Crippen LogP contribution in [0.3, 0.4) is 0 Å². The van der Waals surface area contributed by atoms with Gasteiger partial charge in [-0.25, -0.2) is 4.79 Å². The normalized spacial score (nSPS) is 23.1. The molecular formula is C15H18N2O2. The van der Waals surface area contributed by atoms with Crippen LogP contribution in [-0.4, -0.2) is 22.1 Å². The van der Waals surface area contributed by atoms with Crippen molar-refractivity contribution in [3.63, 3.8) is 0 Å². The van der Waals surface area contributed by atoms with Crippen LogP contribution < -0.4 is 0 Å². The van der Waals surface area contributed by atoms with Gasteiger partial charge in [-0.05, 0) is 32.3 Å². The van der Waals surface area contributed by atoms with E-state index in [1.165, 1.54) is 4.90 Å². The average molecular weight is 258 g/mol. The zero-order chi connectivity index (χ0) is 14.0. The lowest BCUT2D eigenvalue weighted by atomic mass is 9.85. The van der Waals surface area contributed by atoms with E-state index >= 15 is 0 Å². The smallest absolute Gasteiger partial charge is 0.408 e. The van der Waals surface area contributed by atoms with Gasteiger partial charge in [0.25, 0.3) is 0 Å². The number of amides is 1. The standard InChI is InChI=1S/C15H18N2O2/c1-15(2,10-16)13-9-8-12(17(13)14(18)19)11-6-4-3-5-7-11/h3-7,12-13H,8-9H2,1-2H3,(H,18,19)/t12-,13+/m0/s1. The fraction of sp³-hybridized carbons (Fsp3) is 0.467. The molecule has 1 aliphatic rings. The van der Waals surface area contributed by atoms with Gasteiger partial charge in [-0.2, -0.15) is 5.26 Å².